The average molecular weight is 341 g/mol. The van der Waals surface area contributed by atoms with Gasteiger partial charge in [0.15, 0.2) is 0 Å². The minimum absolute atomic E-state index is 0.0867. The number of halogens is 1. The van der Waals surface area contributed by atoms with E-state index < -0.39 is 0 Å². The van der Waals surface area contributed by atoms with E-state index in [9.17, 15) is 5.11 Å². The summed E-state index contributed by atoms with van der Waals surface area (Å²) in [5, 5.41) is 9.72. The van der Waals surface area contributed by atoms with E-state index >= 15 is 0 Å². The Bertz CT molecular complexity index is 440. The highest BCUT2D eigenvalue weighted by molar-refractivity contribution is 9.10. The maximum Gasteiger partial charge on any atom is 0.0589 e. The molecule has 0 bridgehead atoms. The summed E-state index contributed by atoms with van der Waals surface area (Å²) >= 11 is 3.55. The van der Waals surface area contributed by atoms with Gasteiger partial charge in [0.25, 0.3) is 0 Å². The first-order valence-electron chi connectivity index (χ1n) is 7.46. The quantitative estimate of drug-likeness (QED) is 0.866. The van der Waals surface area contributed by atoms with Crippen molar-refractivity contribution in [2.45, 2.75) is 44.8 Å². The molecule has 20 heavy (non-hydrogen) atoms. The molecular weight excluding hydrogens is 316 g/mol. The number of nitrogens with two attached hydrogens (primary N) is 1. The van der Waals surface area contributed by atoms with Crippen LogP contribution in [0, 0.1) is 5.92 Å². The zero-order chi connectivity index (χ0) is 14.7. The van der Waals surface area contributed by atoms with Gasteiger partial charge in [-0.3, -0.25) is 4.90 Å². The molecule has 1 aliphatic heterocycles. The van der Waals surface area contributed by atoms with Crippen LogP contribution in [0.3, 0.4) is 0 Å². The zero-order valence-corrected chi connectivity index (χ0v) is 13.9. The average Bonchev–Trinajstić information content (AvgIpc) is 2.80. The number of aliphatic hydroxyl groups is 1. The fourth-order valence-electron chi connectivity index (χ4n) is 3.27. The van der Waals surface area contributed by atoms with Gasteiger partial charge in [-0.1, -0.05) is 41.9 Å². The predicted molar refractivity (Wildman–Crippen MR) is 86.5 cm³/mol. The summed E-state index contributed by atoms with van der Waals surface area (Å²) < 4.78 is 1.08. The standard InChI is InChI=1S/C16H25BrN2O/c1-3-14(18)16(12-5-4-6-13(17)9-12)19-8-7-11(2)15(19)10-20/h4-6,9,11,14-16,20H,3,7-8,10,18H2,1-2H3. The van der Waals surface area contributed by atoms with Crippen LogP contribution in [0.15, 0.2) is 28.7 Å². The van der Waals surface area contributed by atoms with Crippen molar-refractivity contribution in [3.05, 3.63) is 34.3 Å². The second-order valence-corrected chi connectivity index (χ2v) is 6.74. The van der Waals surface area contributed by atoms with Crippen molar-refractivity contribution < 1.29 is 5.11 Å². The van der Waals surface area contributed by atoms with E-state index in [1.165, 1.54) is 5.56 Å². The second-order valence-electron chi connectivity index (χ2n) is 5.83. The van der Waals surface area contributed by atoms with Gasteiger partial charge in [-0.15, -0.1) is 0 Å². The first-order chi connectivity index (χ1) is 9.58. The largest absolute Gasteiger partial charge is 0.395 e. The predicted octanol–water partition coefficient (Wildman–Crippen LogP) is 2.93. The number of rotatable bonds is 5. The molecule has 4 atom stereocenters. The van der Waals surface area contributed by atoms with Crippen LogP contribution in [0.2, 0.25) is 0 Å². The summed E-state index contributed by atoms with van der Waals surface area (Å²) in [5.41, 5.74) is 7.64. The number of hydrogen-bond acceptors (Lipinski definition) is 3. The zero-order valence-electron chi connectivity index (χ0n) is 12.3. The second kappa shape index (κ2) is 7.03. The number of nitrogens with zero attached hydrogens (tertiary/aromatic N) is 1. The van der Waals surface area contributed by atoms with Crippen molar-refractivity contribution in [3.8, 4) is 0 Å². The molecule has 3 N–H and O–H groups in total. The molecule has 0 radical (unpaired) electrons. The molecule has 0 saturated carbocycles. The minimum Gasteiger partial charge on any atom is -0.395 e. The van der Waals surface area contributed by atoms with Crippen LogP contribution in [0.25, 0.3) is 0 Å². The van der Waals surface area contributed by atoms with Gasteiger partial charge in [-0.2, -0.15) is 0 Å². The normalized spacial score (nSPS) is 26.6. The van der Waals surface area contributed by atoms with Crippen LogP contribution in [0.1, 0.15) is 38.3 Å². The lowest BCUT2D eigenvalue weighted by molar-refractivity contribution is 0.0893. The summed E-state index contributed by atoms with van der Waals surface area (Å²) in [6, 6.07) is 8.87. The highest BCUT2D eigenvalue weighted by Crippen LogP contribution is 2.35. The van der Waals surface area contributed by atoms with Crippen molar-refractivity contribution in [2.75, 3.05) is 13.2 Å². The van der Waals surface area contributed by atoms with Crippen LogP contribution >= 0.6 is 15.9 Å². The molecule has 0 amide bonds. The van der Waals surface area contributed by atoms with E-state index in [2.05, 4.69) is 52.9 Å². The Balaban J connectivity index is 2.33. The van der Waals surface area contributed by atoms with Gasteiger partial charge in [0, 0.05) is 16.6 Å². The van der Waals surface area contributed by atoms with Crippen molar-refractivity contribution in [2.24, 2.45) is 11.7 Å². The maximum absolute atomic E-state index is 9.72. The molecule has 1 aromatic rings. The third-order valence-corrected chi connectivity index (χ3v) is 5.03. The van der Waals surface area contributed by atoms with Crippen LogP contribution in [0.5, 0.6) is 0 Å². The molecule has 1 saturated heterocycles. The Hall–Kier alpha value is -0.420. The molecule has 0 spiro atoms. The van der Waals surface area contributed by atoms with Gasteiger partial charge in [-0.25, -0.2) is 0 Å². The Morgan fingerprint density at radius 1 is 1.50 bits per heavy atom. The first-order valence-corrected chi connectivity index (χ1v) is 8.25. The van der Waals surface area contributed by atoms with Crippen molar-refractivity contribution in [1.82, 2.24) is 4.90 Å². The van der Waals surface area contributed by atoms with Gasteiger partial charge >= 0.3 is 0 Å². The van der Waals surface area contributed by atoms with Crippen molar-refractivity contribution in [3.63, 3.8) is 0 Å². The molecule has 112 valence electrons. The van der Waals surface area contributed by atoms with Crippen LogP contribution in [0.4, 0.5) is 0 Å². The molecule has 4 unspecified atom stereocenters. The molecule has 0 aliphatic carbocycles. The third kappa shape index (κ3) is 3.25. The summed E-state index contributed by atoms with van der Waals surface area (Å²) in [6.07, 6.45) is 2.06. The van der Waals surface area contributed by atoms with E-state index in [-0.39, 0.29) is 24.7 Å². The topological polar surface area (TPSA) is 49.5 Å². The van der Waals surface area contributed by atoms with E-state index in [0.29, 0.717) is 5.92 Å². The lowest BCUT2D eigenvalue weighted by Gasteiger charge is -2.37. The van der Waals surface area contributed by atoms with Gasteiger partial charge in [-0.05, 0) is 43.0 Å². The van der Waals surface area contributed by atoms with Gasteiger partial charge in [0.2, 0.25) is 0 Å². The molecule has 3 nitrogen and oxygen atoms in total. The maximum atomic E-state index is 9.72. The molecule has 1 heterocycles. The van der Waals surface area contributed by atoms with E-state index in [1.54, 1.807) is 0 Å². The third-order valence-electron chi connectivity index (χ3n) is 4.54. The summed E-state index contributed by atoms with van der Waals surface area (Å²) in [4.78, 5) is 2.40. The Morgan fingerprint density at radius 3 is 2.85 bits per heavy atom. The van der Waals surface area contributed by atoms with Crippen molar-refractivity contribution >= 4 is 15.9 Å². The highest BCUT2D eigenvalue weighted by atomic mass is 79.9. The van der Waals surface area contributed by atoms with Gasteiger partial charge < -0.3 is 10.8 Å². The molecule has 4 heteroatoms. The monoisotopic (exact) mass is 340 g/mol. The van der Waals surface area contributed by atoms with Gasteiger partial charge in [0.05, 0.1) is 12.6 Å². The number of hydrogen-bond donors (Lipinski definition) is 2. The Kier molecular flexibility index (Phi) is 5.61. The van der Waals surface area contributed by atoms with Crippen LogP contribution in [-0.4, -0.2) is 35.2 Å². The molecular formula is C16H25BrN2O. The van der Waals surface area contributed by atoms with E-state index in [1.807, 2.05) is 6.07 Å². The molecule has 1 aromatic carbocycles. The molecule has 1 aliphatic rings. The number of likely N-dealkylation sites (tertiary alicyclic amines) is 1. The van der Waals surface area contributed by atoms with E-state index in [4.69, 9.17) is 5.73 Å². The SMILES string of the molecule is CCC(N)C(c1cccc(Br)c1)N1CCC(C)C1CO. The summed E-state index contributed by atoms with van der Waals surface area (Å²) in [7, 11) is 0. The lowest BCUT2D eigenvalue weighted by Crippen LogP contribution is -2.45. The molecule has 2 rings (SSSR count). The molecule has 0 aromatic heterocycles. The smallest absolute Gasteiger partial charge is 0.0589 e. The van der Waals surface area contributed by atoms with Crippen LogP contribution in [-0.2, 0) is 0 Å². The van der Waals surface area contributed by atoms with E-state index in [0.717, 1.165) is 23.9 Å². The van der Waals surface area contributed by atoms with Crippen LogP contribution < -0.4 is 5.73 Å². The van der Waals surface area contributed by atoms with Gasteiger partial charge in [0.1, 0.15) is 0 Å². The van der Waals surface area contributed by atoms with Crippen molar-refractivity contribution in [1.29, 1.82) is 0 Å². The summed E-state index contributed by atoms with van der Waals surface area (Å²) in [6.45, 7) is 5.57. The number of aliphatic hydroxyl groups excluding tert-OH is 1. The minimum atomic E-state index is 0.0867. The fraction of sp³-hybridized carbons (Fsp3) is 0.625. The number of benzene rings is 1. The Morgan fingerprint density at radius 2 is 2.25 bits per heavy atom. The summed E-state index contributed by atoms with van der Waals surface area (Å²) in [5.74, 6) is 0.527. The molecule has 1 fully saturated rings. The first kappa shape index (κ1) is 16.0. The Labute approximate surface area is 130 Å². The lowest BCUT2D eigenvalue weighted by atomic mass is 9.94. The highest BCUT2D eigenvalue weighted by Gasteiger charge is 2.37. The fourth-order valence-corrected chi connectivity index (χ4v) is 3.68.